The molecule has 114 valence electrons. The highest BCUT2D eigenvalue weighted by molar-refractivity contribution is 6.33. The third-order valence-corrected chi connectivity index (χ3v) is 3.08. The number of anilines is 1. The molecule has 0 heterocycles. The summed E-state index contributed by atoms with van der Waals surface area (Å²) < 4.78 is 37.8. The van der Waals surface area contributed by atoms with Crippen molar-refractivity contribution in [3.8, 4) is 0 Å². The molecule has 20 heavy (non-hydrogen) atoms. The Labute approximate surface area is 122 Å². The third kappa shape index (κ3) is 5.59. The van der Waals surface area contributed by atoms with Crippen LogP contribution in [0.2, 0.25) is 5.02 Å². The van der Waals surface area contributed by atoms with Gasteiger partial charge in [-0.15, -0.1) is 0 Å². The zero-order valence-electron chi connectivity index (χ0n) is 11.7. The largest absolute Gasteiger partial charge is 0.405 e. The van der Waals surface area contributed by atoms with Crippen molar-refractivity contribution in [3.63, 3.8) is 0 Å². The van der Waals surface area contributed by atoms with Gasteiger partial charge in [-0.1, -0.05) is 24.6 Å². The molecule has 0 aliphatic heterocycles. The van der Waals surface area contributed by atoms with Crippen LogP contribution in [0, 0.1) is 0 Å². The Morgan fingerprint density at radius 1 is 1.35 bits per heavy atom. The van der Waals surface area contributed by atoms with Crippen molar-refractivity contribution in [3.05, 3.63) is 28.8 Å². The van der Waals surface area contributed by atoms with E-state index < -0.39 is 12.7 Å². The van der Waals surface area contributed by atoms with Crippen molar-refractivity contribution in [2.45, 2.75) is 38.9 Å². The summed E-state index contributed by atoms with van der Waals surface area (Å²) in [5.74, 6) is 0. The first-order valence-electron chi connectivity index (χ1n) is 6.58. The molecule has 0 amide bonds. The second kappa shape index (κ2) is 7.18. The van der Waals surface area contributed by atoms with Gasteiger partial charge < -0.3 is 10.6 Å². The SMILES string of the molecule is CCCN(CC(F)(F)F)c1ccc(CC(C)N)cc1Cl. The second-order valence-corrected chi connectivity index (χ2v) is 5.41. The molecule has 0 bridgehead atoms. The summed E-state index contributed by atoms with van der Waals surface area (Å²) in [6.45, 7) is 3.02. The molecule has 0 aliphatic carbocycles. The molecule has 0 fully saturated rings. The molecular formula is C14H20ClF3N2. The van der Waals surface area contributed by atoms with Crippen molar-refractivity contribution in [1.29, 1.82) is 0 Å². The molecule has 0 aromatic heterocycles. The highest BCUT2D eigenvalue weighted by Gasteiger charge is 2.31. The van der Waals surface area contributed by atoms with Gasteiger partial charge in [0.25, 0.3) is 0 Å². The first kappa shape index (κ1) is 17.1. The predicted octanol–water partition coefficient (Wildman–Crippen LogP) is 4.01. The minimum absolute atomic E-state index is 0.0150. The molecule has 0 saturated carbocycles. The summed E-state index contributed by atoms with van der Waals surface area (Å²) in [6.07, 6.45) is -2.98. The third-order valence-electron chi connectivity index (χ3n) is 2.77. The van der Waals surface area contributed by atoms with Crippen LogP contribution in [0.1, 0.15) is 25.8 Å². The molecule has 1 aromatic rings. The van der Waals surface area contributed by atoms with Gasteiger partial charge in [-0.2, -0.15) is 13.2 Å². The van der Waals surface area contributed by atoms with Gasteiger partial charge in [0.05, 0.1) is 10.7 Å². The van der Waals surface area contributed by atoms with E-state index in [1.165, 1.54) is 4.90 Å². The highest BCUT2D eigenvalue weighted by Crippen LogP contribution is 2.30. The van der Waals surface area contributed by atoms with Crippen molar-refractivity contribution in [1.82, 2.24) is 0 Å². The first-order chi connectivity index (χ1) is 9.23. The number of nitrogens with zero attached hydrogens (tertiary/aromatic N) is 1. The van der Waals surface area contributed by atoms with E-state index in [1.807, 2.05) is 13.8 Å². The van der Waals surface area contributed by atoms with E-state index >= 15 is 0 Å². The number of benzene rings is 1. The lowest BCUT2D eigenvalue weighted by Crippen LogP contribution is -2.35. The van der Waals surface area contributed by atoms with Gasteiger partial charge in [0, 0.05) is 12.6 Å². The van der Waals surface area contributed by atoms with E-state index in [1.54, 1.807) is 18.2 Å². The van der Waals surface area contributed by atoms with E-state index in [0.29, 0.717) is 30.1 Å². The number of nitrogens with two attached hydrogens (primary N) is 1. The summed E-state index contributed by atoms with van der Waals surface area (Å²) >= 11 is 6.12. The Hall–Kier alpha value is -0.940. The van der Waals surface area contributed by atoms with Crippen LogP contribution in [0.5, 0.6) is 0 Å². The molecular weight excluding hydrogens is 289 g/mol. The normalized spacial score (nSPS) is 13.3. The maximum absolute atomic E-state index is 12.6. The molecule has 0 saturated heterocycles. The van der Waals surface area contributed by atoms with E-state index in [2.05, 4.69) is 0 Å². The molecule has 0 radical (unpaired) electrons. The highest BCUT2D eigenvalue weighted by atomic mass is 35.5. The van der Waals surface area contributed by atoms with Crippen LogP contribution in [-0.4, -0.2) is 25.3 Å². The average molecular weight is 309 g/mol. The number of hydrogen-bond donors (Lipinski definition) is 1. The summed E-state index contributed by atoms with van der Waals surface area (Å²) in [7, 11) is 0. The van der Waals surface area contributed by atoms with Crippen LogP contribution in [0.3, 0.4) is 0 Å². The van der Waals surface area contributed by atoms with Crippen LogP contribution in [0.15, 0.2) is 18.2 Å². The molecule has 0 aliphatic rings. The molecule has 6 heteroatoms. The minimum Gasteiger partial charge on any atom is -0.361 e. The molecule has 0 spiro atoms. The summed E-state index contributed by atoms with van der Waals surface area (Å²) in [4.78, 5) is 1.26. The van der Waals surface area contributed by atoms with E-state index in [9.17, 15) is 13.2 Å². The van der Waals surface area contributed by atoms with Gasteiger partial charge in [0.2, 0.25) is 0 Å². The smallest absolute Gasteiger partial charge is 0.361 e. The number of alkyl halides is 3. The topological polar surface area (TPSA) is 29.3 Å². The van der Waals surface area contributed by atoms with Crippen LogP contribution in [0.25, 0.3) is 0 Å². The predicted molar refractivity (Wildman–Crippen MR) is 77.4 cm³/mol. The Morgan fingerprint density at radius 2 is 2.00 bits per heavy atom. The Morgan fingerprint density at radius 3 is 2.45 bits per heavy atom. The zero-order chi connectivity index (χ0) is 15.3. The van der Waals surface area contributed by atoms with Gasteiger partial charge >= 0.3 is 6.18 Å². The second-order valence-electron chi connectivity index (χ2n) is 5.00. The minimum atomic E-state index is -4.25. The van der Waals surface area contributed by atoms with Crippen molar-refractivity contribution in [2.24, 2.45) is 5.73 Å². The summed E-state index contributed by atoms with van der Waals surface area (Å²) in [5.41, 5.74) is 7.05. The Bertz CT molecular complexity index is 433. The summed E-state index contributed by atoms with van der Waals surface area (Å²) in [6, 6.07) is 5.10. The molecule has 2 nitrogen and oxygen atoms in total. The van der Waals surface area contributed by atoms with E-state index in [4.69, 9.17) is 17.3 Å². The quantitative estimate of drug-likeness (QED) is 0.860. The molecule has 2 N–H and O–H groups in total. The van der Waals surface area contributed by atoms with Gasteiger partial charge in [0.1, 0.15) is 6.54 Å². The van der Waals surface area contributed by atoms with Crippen LogP contribution in [-0.2, 0) is 6.42 Å². The molecule has 1 rings (SSSR count). The van der Waals surface area contributed by atoms with E-state index in [0.717, 1.165) is 5.56 Å². The monoisotopic (exact) mass is 308 g/mol. The average Bonchev–Trinajstić information content (AvgIpc) is 2.25. The lowest BCUT2D eigenvalue weighted by Gasteiger charge is -2.26. The van der Waals surface area contributed by atoms with Gasteiger partial charge in [-0.25, -0.2) is 0 Å². The van der Waals surface area contributed by atoms with Crippen molar-refractivity contribution < 1.29 is 13.2 Å². The number of hydrogen-bond acceptors (Lipinski definition) is 2. The van der Waals surface area contributed by atoms with Crippen LogP contribution in [0.4, 0.5) is 18.9 Å². The maximum Gasteiger partial charge on any atom is 0.405 e. The maximum atomic E-state index is 12.6. The van der Waals surface area contributed by atoms with Gasteiger partial charge in [-0.05, 0) is 37.5 Å². The summed E-state index contributed by atoms with van der Waals surface area (Å²) in [5, 5.41) is 0.334. The van der Waals surface area contributed by atoms with Crippen molar-refractivity contribution in [2.75, 3.05) is 18.0 Å². The van der Waals surface area contributed by atoms with Gasteiger partial charge in [-0.3, -0.25) is 0 Å². The lowest BCUT2D eigenvalue weighted by molar-refractivity contribution is -0.119. The van der Waals surface area contributed by atoms with Crippen LogP contribution >= 0.6 is 11.6 Å². The molecule has 1 atom stereocenters. The fraction of sp³-hybridized carbons (Fsp3) is 0.571. The Kier molecular flexibility index (Phi) is 6.14. The van der Waals surface area contributed by atoms with E-state index in [-0.39, 0.29) is 6.04 Å². The molecule has 1 unspecified atom stereocenters. The first-order valence-corrected chi connectivity index (χ1v) is 6.96. The zero-order valence-corrected chi connectivity index (χ0v) is 12.4. The standard InChI is InChI=1S/C14H20ClF3N2/c1-3-6-20(9-14(16,17)18)13-5-4-11(7-10(2)19)8-12(13)15/h4-5,8,10H,3,6-7,9,19H2,1-2H3. The van der Waals surface area contributed by atoms with Crippen molar-refractivity contribution >= 4 is 17.3 Å². The van der Waals surface area contributed by atoms with Crippen LogP contribution < -0.4 is 10.6 Å². The Balaban J connectivity index is 2.96. The number of halogens is 4. The fourth-order valence-corrected chi connectivity index (χ4v) is 2.40. The fourth-order valence-electron chi connectivity index (χ4n) is 2.08. The molecule has 1 aromatic carbocycles. The van der Waals surface area contributed by atoms with Gasteiger partial charge in [0.15, 0.2) is 0 Å². The lowest BCUT2D eigenvalue weighted by atomic mass is 10.1. The number of rotatable bonds is 6.